The second kappa shape index (κ2) is 8.73. The fourth-order valence-corrected chi connectivity index (χ4v) is 4.25. The van der Waals surface area contributed by atoms with Crippen molar-refractivity contribution in [3.8, 4) is 17.2 Å². The lowest BCUT2D eigenvalue weighted by atomic mass is 9.91. The minimum absolute atomic E-state index is 0.0742. The number of rotatable bonds is 6. The first-order chi connectivity index (χ1) is 16.7. The molecule has 0 bridgehead atoms. The van der Waals surface area contributed by atoms with Gasteiger partial charge in [0, 0.05) is 43.1 Å². The molecule has 1 aliphatic rings. The van der Waals surface area contributed by atoms with Crippen LogP contribution >= 0.6 is 0 Å². The minimum atomic E-state index is -0.0742. The van der Waals surface area contributed by atoms with Crippen LogP contribution in [0.5, 0.6) is 17.2 Å². The molecule has 0 aromatic carbocycles. The molecule has 0 spiro atoms. The lowest BCUT2D eigenvalue weighted by molar-refractivity contribution is 0.183. The summed E-state index contributed by atoms with van der Waals surface area (Å²) in [5.41, 5.74) is 8.05. The van der Waals surface area contributed by atoms with Crippen LogP contribution in [0.4, 0.5) is 17.6 Å². The first-order valence-electron chi connectivity index (χ1n) is 11.5. The number of fused-ring (bicyclic) bond motifs is 1. The van der Waals surface area contributed by atoms with E-state index in [1.807, 2.05) is 11.6 Å². The Bertz CT molecular complexity index is 1370. The predicted molar refractivity (Wildman–Crippen MR) is 132 cm³/mol. The molecule has 11 heteroatoms. The molecule has 11 nitrogen and oxygen atoms in total. The summed E-state index contributed by atoms with van der Waals surface area (Å²) < 4.78 is 21.3. The van der Waals surface area contributed by atoms with Crippen LogP contribution < -0.4 is 20.5 Å². The molecule has 1 atom stereocenters. The molecule has 1 fully saturated rings. The van der Waals surface area contributed by atoms with Gasteiger partial charge in [-0.25, -0.2) is 9.97 Å². The van der Waals surface area contributed by atoms with Crippen LogP contribution in [0.2, 0.25) is 0 Å². The molecule has 3 N–H and O–H groups in total. The molecule has 1 saturated heterocycles. The molecule has 4 aromatic rings. The summed E-state index contributed by atoms with van der Waals surface area (Å²) in [4.78, 5) is 13.2. The third-order valence-electron chi connectivity index (χ3n) is 6.00. The zero-order valence-electron chi connectivity index (χ0n) is 20.6. The number of hydrogen-bond donors (Lipinski definition) is 2. The van der Waals surface area contributed by atoms with Gasteiger partial charge in [0.25, 0.3) is 0 Å². The highest BCUT2D eigenvalue weighted by Crippen LogP contribution is 2.38. The Morgan fingerprint density at radius 2 is 2.06 bits per heavy atom. The van der Waals surface area contributed by atoms with E-state index in [-0.39, 0.29) is 11.5 Å². The molecule has 1 aliphatic heterocycles. The van der Waals surface area contributed by atoms with Gasteiger partial charge in [-0.2, -0.15) is 10.1 Å². The van der Waals surface area contributed by atoms with Crippen molar-refractivity contribution in [2.24, 2.45) is 7.05 Å². The van der Waals surface area contributed by atoms with Gasteiger partial charge in [-0.1, -0.05) is 20.8 Å². The van der Waals surface area contributed by atoms with E-state index in [1.165, 1.54) is 0 Å². The highest BCUT2D eigenvalue weighted by atomic mass is 16.5. The Morgan fingerprint density at radius 1 is 1.23 bits per heavy atom. The third kappa shape index (κ3) is 4.34. The van der Waals surface area contributed by atoms with Gasteiger partial charge < -0.3 is 29.8 Å². The summed E-state index contributed by atoms with van der Waals surface area (Å²) in [6.07, 6.45) is 4.11. The predicted octanol–water partition coefficient (Wildman–Crippen LogP) is 3.95. The number of imidazole rings is 1. The molecule has 0 unspecified atom stereocenters. The Balaban J connectivity index is 1.50. The normalized spacial score (nSPS) is 16.1. The van der Waals surface area contributed by atoms with Gasteiger partial charge in [-0.15, -0.1) is 0 Å². The largest absolute Gasteiger partial charge is 0.491 e. The summed E-state index contributed by atoms with van der Waals surface area (Å²) in [5.74, 6) is 3.15. The Labute approximate surface area is 203 Å². The lowest BCUT2D eigenvalue weighted by Crippen LogP contribution is -2.22. The maximum Gasteiger partial charge on any atom is 0.211 e. The van der Waals surface area contributed by atoms with Crippen molar-refractivity contribution < 1.29 is 14.2 Å². The number of aryl methyl sites for hydroxylation is 1. The van der Waals surface area contributed by atoms with E-state index in [2.05, 4.69) is 51.8 Å². The molecule has 5 rings (SSSR count). The van der Waals surface area contributed by atoms with Crippen molar-refractivity contribution in [3.63, 3.8) is 0 Å². The van der Waals surface area contributed by atoms with E-state index in [4.69, 9.17) is 25.0 Å². The van der Waals surface area contributed by atoms with Crippen LogP contribution in [0.3, 0.4) is 0 Å². The molecule has 0 aliphatic carbocycles. The maximum atomic E-state index is 5.99. The average Bonchev–Trinajstić information content (AvgIpc) is 3.54. The quantitative estimate of drug-likeness (QED) is 0.423. The number of hydrogen-bond acceptors (Lipinski definition) is 9. The number of pyridine rings is 2. The molecule has 184 valence electrons. The van der Waals surface area contributed by atoms with Crippen molar-refractivity contribution in [3.05, 3.63) is 36.3 Å². The van der Waals surface area contributed by atoms with Gasteiger partial charge in [0.1, 0.15) is 17.1 Å². The third-order valence-corrected chi connectivity index (χ3v) is 6.00. The highest BCUT2D eigenvalue weighted by molar-refractivity contribution is 5.84. The first-order valence-corrected chi connectivity index (χ1v) is 11.5. The monoisotopic (exact) mass is 478 g/mol. The molecular weight excluding hydrogens is 448 g/mol. The van der Waals surface area contributed by atoms with E-state index in [0.29, 0.717) is 52.6 Å². The summed E-state index contributed by atoms with van der Waals surface area (Å²) in [6.45, 7) is 7.97. The van der Waals surface area contributed by atoms with E-state index in [0.717, 1.165) is 18.7 Å². The molecule has 0 amide bonds. The van der Waals surface area contributed by atoms with E-state index < -0.39 is 0 Å². The van der Waals surface area contributed by atoms with Gasteiger partial charge >= 0.3 is 0 Å². The van der Waals surface area contributed by atoms with Gasteiger partial charge in [0.05, 0.1) is 26.0 Å². The first kappa shape index (κ1) is 22.9. The Kier molecular flexibility index (Phi) is 5.72. The van der Waals surface area contributed by atoms with Crippen molar-refractivity contribution in [1.29, 1.82) is 0 Å². The number of nitrogen functional groups attached to an aromatic ring is 1. The summed E-state index contributed by atoms with van der Waals surface area (Å²) in [5, 5.41) is 8.23. The number of ether oxygens (including phenoxy) is 3. The van der Waals surface area contributed by atoms with Gasteiger partial charge in [-0.3, -0.25) is 4.68 Å². The maximum absolute atomic E-state index is 5.99. The Hall–Kier alpha value is -3.86. The van der Waals surface area contributed by atoms with Gasteiger partial charge in [0.15, 0.2) is 23.0 Å². The van der Waals surface area contributed by atoms with E-state index in [1.54, 1.807) is 31.6 Å². The molecule has 0 radical (unpaired) electrons. The fraction of sp³-hybridized carbons (Fsp3) is 0.417. The molecule has 35 heavy (non-hydrogen) atoms. The van der Waals surface area contributed by atoms with Crippen molar-refractivity contribution in [1.82, 2.24) is 29.3 Å². The van der Waals surface area contributed by atoms with Crippen molar-refractivity contribution in [2.45, 2.75) is 38.6 Å². The summed E-state index contributed by atoms with van der Waals surface area (Å²) in [7, 11) is 3.48. The van der Waals surface area contributed by atoms with Crippen molar-refractivity contribution >= 4 is 28.7 Å². The van der Waals surface area contributed by atoms with Crippen LogP contribution in [0.1, 0.15) is 38.9 Å². The molecule has 4 aromatic heterocycles. The van der Waals surface area contributed by atoms with Gasteiger partial charge in [0.2, 0.25) is 5.95 Å². The van der Waals surface area contributed by atoms with E-state index in [9.17, 15) is 0 Å². The zero-order chi connectivity index (χ0) is 24.7. The van der Waals surface area contributed by atoms with E-state index >= 15 is 0 Å². The second-order valence-electron chi connectivity index (χ2n) is 9.59. The van der Waals surface area contributed by atoms with Crippen LogP contribution in [-0.2, 0) is 17.2 Å². The highest BCUT2D eigenvalue weighted by Gasteiger charge is 2.28. The Morgan fingerprint density at radius 3 is 2.74 bits per heavy atom. The second-order valence-corrected chi connectivity index (χ2v) is 9.59. The topological polar surface area (TPSA) is 127 Å². The standard InChI is InChI=1S/C24H30N8O3/c1-24(2,3)17-11-19(30-32(17)14-7-9-34-13-14)28-23-29-22-20(31(23)4)21(33-5)16(12-27-22)35-15-6-8-26-18(25)10-15/h6,8,10-12,14H,7,9,13H2,1-5H3,(H2,25,26)(H,27,28,29,30)/t14-/m1/s1. The molecule has 5 heterocycles. The molecular formula is C24H30N8O3. The zero-order valence-corrected chi connectivity index (χ0v) is 20.6. The lowest BCUT2D eigenvalue weighted by Gasteiger charge is -2.22. The summed E-state index contributed by atoms with van der Waals surface area (Å²) in [6, 6.07) is 5.65. The van der Waals surface area contributed by atoms with Crippen molar-refractivity contribution in [2.75, 3.05) is 31.4 Å². The SMILES string of the molecule is COc1c(Oc2ccnc(N)c2)cnc2nc(Nc3cc(C(C)(C)C)n([C@@H]4CCOC4)n3)n(C)c12. The van der Waals surface area contributed by atoms with Gasteiger partial charge in [-0.05, 0) is 12.5 Å². The van der Waals surface area contributed by atoms with Crippen LogP contribution in [0.25, 0.3) is 11.2 Å². The number of nitrogens with two attached hydrogens (primary N) is 1. The average molecular weight is 479 g/mol. The van der Waals surface area contributed by atoms with Crippen LogP contribution in [-0.4, -0.2) is 49.6 Å². The van der Waals surface area contributed by atoms with Crippen LogP contribution in [0.15, 0.2) is 30.6 Å². The van der Waals surface area contributed by atoms with Crippen LogP contribution in [0, 0.1) is 0 Å². The number of anilines is 3. The fourth-order valence-electron chi connectivity index (χ4n) is 4.25. The number of methoxy groups -OCH3 is 1. The molecule has 0 saturated carbocycles. The summed E-state index contributed by atoms with van der Waals surface area (Å²) >= 11 is 0. The minimum Gasteiger partial charge on any atom is -0.491 e. The number of nitrogens with one attached hydrogen (secondary N) is 1. The number of nitrogens with zero attached hydrogens (tertiary/aromatic N) is 6. The number of aromatic nitrogens is 6. The smallest absolute Gasteiger partial charge is 0.211 e.